The van der Waals surface area contributed by atoms with Gasteiger partial charge in [0.1, 0.15) is 0 Å². The van der Waals surface area contributed by atoms with E-state index in [1.165, 1.54) is 0 Å². The van der Waals surface area contributed by atoms with Crippen molar-refractivity contribution in [3.63, 3.8) is 0 Å². The van der Waals surface area contributed by atoms with Crippen LogP contribution in [0.2, 0.25) is 0 Å². The number of aliphatic carboxylic acids is 1. The molecule has 0 radical (unpaired) electrons. The molecule has 1 amide bonds. The zero-order chi connectivity index (χ0) is 11.0. The minimum absolute atomic E-state index is 0.171. The molecule has 1 atom stereocenters. The molecule has 0 spiro atoms. The highest BCUT2D eigenvalue weighted by Gasteiger charge is 2.16. The fourth-order valence-corrected chi connectivity index (χ4v) is 1.12. The van der Waals surface area contributed by atoms with Crippen molar-refractivity contribution in [2.75, 3.05) is 20.1 Å². The van der Waals surface area contributed by atoms with Gasteiger partial charge in [-0.25, -0.2) is 0 Å². The predicted molar refractivity (Wildman–Crippen MR) is 53.0 cm³/mol. The summed E-state index contributed by atoms with van der Waals surface area (Å²) in [4.78, 5) is 21.7. The number of carboxylic acids is 1. The topological polar surface area (TPSA) is 78.4 Å². The van der Waals surface area contributed by atoms with E-state index in [-0.39, 0.29) is 19.0 Å². The van der Waals surface area contributed by atoms with Crippen LogP contribution >= 0.6 is 0 Å². The van der Waals surface area contributed by atoms with Crippen molar-refractivity contribution in [1.29, 1.82) is 0 Å². The largest absolute Gasteiger partial charge is 0.481 e. The number of nitrogens with one attached hydrogen (secondary N) is 2. The lowest BCUT2D eigenvalue weighted by atomic mass is 10.0. The van der Waals surface area contributed by atoms with Crippen LogP contribution in [0.5, 0.6) is 0 Å². The van der Waals surface area contributed by atoms with Crippen molar-refractivity contribution >= 4 is 11.9 Å². The Morgan fingerprint density at radius 1 is 1.43 bits per heavy atom. The van der Waals surface area contributed by atoms with Gasteiger partial charge in [-0.1, -0.05) is 13.3 Å². The molecular formula is C9H18N2O3. The molecule has 0 aliphatic rings. The molecular weight excluding hydrogens is 184 g/mol. The Morgan fingerprint density at radius 3 is 2.50 bits per heavy atom. The maximum Gasteiger partial charge on any atom is 0.308 e. The van der Waals surface area contributed by atoms with Gasteiger partial charge in [0.2, 0.25) is 5.91 Å². The molecule has 0 saturated carbocycles. The van der Waals surface area contributed by atoms with Gasteiger partial charge in [0.15, 0.2) is 0 Å². The summed E-state index contributed by atoms with van der Waals surface area (Å²) in [7, 11) is 1.67. The first-order valence-electron chi connectivity index (χ1n) is 4.75. The van der Waals surface area contributed by atoms with Crippen LogP contribution in [0.25, 0.3) is 0 Å². The third-order valence-electron chi connectivity index (χ3n) is 1.87. The SMILES string of the molecule is CCCC(CNC(=O)CNC)C(=O)O. The second-order valence-corrected chi connectivity index (χ2v) is 3.16. The molecule has 0 fully saturated rings. The summed E-state index contributed by atoms with van der Waals surface area (Å²) in [5.74, 6) is -1.49. The van der Waals surface area contributed by atoms with Gasteiger partial charge in [-0.3, -0.25) is 9.59 Å². The molecule has 0 aliphatic carbocycles. The van der Waals surface area contributed by atoms with E-state index in [1.54, 1.807) is 7.05 Å². The molecule has 0 heterocycles. The Bertz CT molecular complexity index is 194. The summed E-state index contributed by atoms with van der Waals surface area (Å²) in [6.07, 6.45) is 1.40. The molecule has 0 bridgehead atoms. The summed E-state index contributed by atoms with van der Waals surface area (Å²) in [5, 5.41) is 14.0. The first-order chi connectivity index (χ1) is 6.61. The monoisotopic (exact) mass is 202 g/mol. The molecule has 82 valence electrons. The van der Waals surface area contributed by atoms with E-state index in [0.29, 0.717) is 6.42 Å². The molecule has 14 heavy (non-hydrogen) atoms. The van der Waals surface area contributed by atoms with Gasteiger partial charge in [0, 0.05) is 6.54 Å². The molecule has 3 N–H and O–H groups in total. The highest BCUT2D eigenvalue weighted by Crippen LogP contribution is 2.04. The van der Waals surface area contributed by atoms with E-state index in [0.717, 1.165) is 6.42 Å². The van der Waals surface area contributed by atoms with Crippen LogP contribution in [-0.2, 0) is 9.59 Å². The fraction of sp³-hybridized carbons (Fsp3) is 0.778. The van der Waals surface area contributed by atoms with Crippen molar-refractivity contribution in [3.05, 3.63) is 0 Å². The molecule has 0 rings (SSSR count). The van der Waals surface area contributed by atoms with Crippen molar-refractivity contribution in [1.82, 2.24) is 10.6 Å². The van der Waals surface area contributed by atoms with Crippen molar-refractivity contribution < 1.29 is 14.7 Å². The van der Waals surface area contributed by atoms with Gasteiger partial charge < -0.3 is 15.7 Å². The van der Waals surface area contributed by atoms with E-state index in [2.05, 4.69) is 10.6 Å². The van der Waals surface area contributed by atoms with E-state index < -0.39 is 11.9 Å². The van der Waals surface area contributed by atoms with Crippen LogP contribution in [-0.4, -0.2) is 37.1 Å². The number of likely N-dealkylation sites (N-methyl/N-ethyl adjacent to an activating group) is 1. The Kier molecular flexibility index (Phi) is 6.74. The summed E-state index contributed by atoms with van der Waals surface area (Å²) in [6.45, 7) is 2.35. The number of carboxylic acid groups (broad SMARTS) is 1. The average Bonchev–Trinajstić information content (AvgIpc) is 2.12. The van der Waals surface area contributed by atoms with Crippen LogP contribution in [0.1, 0.15) is 19.8 Å². The highest BCUT2D eigenvalue weighted by molar-refractivity contribution is 5.79. The zero-order valence-corrected chi connectivity index (χ0v) is 8.67. The van der Waals surface area contributed by atoms with Gasteiger partial charge in [-0.15, -0.1) is 0 Å². The summed E-state index contributed by atoms with van der Waals surface area (Å²) >= 11 is 0. The second-order valence-electron chi connectivity index (χ2n) is 3.16. The van der Waals surface area contributed by atoms with Crippen molar-refractivity contribution in [2.24, 2.45) is 5.92 Å². The highest BCUT2D eigenvalue weighted by atomic mass is 16.4. The standard InChI is InChI=1S/C9H18N2O3/c1-3-4-7(9(13)14)5-11-8(12)6-10-2/h7,10H,3-6H2,1-2H3,(H,11,12)(H,13,14). The van der Waals surface area contributed by atoms with Gasteiger partial charge in [-0.05, 0) is 13.5 Å². The molecule has 5 nitrogen and oxygen atoms in total. The minimum Gasteiger partial charge on any atom is -0.481 e. The Morgan fingerprint density at radius 2 is 2.07 bits per heavy atom. The molecule has 0 aliphatic heterocycles. The summed E-state index contributed by atoms with van der Waals surface area (Å²) < 4.78 is 0. The number of rotatable bonds is 7. The minimum atomic E-state index is -0.850. The predicted octanol–water partition coefficient (Wildman–Crippen LogP) is -0.177. The van der Waals surface area contributed by atoms with Crippen LogP contribution in [0, 0.1) is 5.92 Å². The maximum absolute atomic E-state index is 11.0. The van der Waals surface area contributed by atoms with Crippen molar-refractivity contribution in [3.8, 4) is 0 Å². The number of carbonyl (C=O) groups excluding carboxylic acids is 1. The van der Waals surface area contributed by atoms with E-state index in [9.17, 15) is 9.59 Å². The van der Waals surface area contributed by atoms with Gasteiger partial charge in [0.25, 0.3) is 0 Å². The smallest absolute Gasteiger partial charge is 0.308 e. The van der Waals surface area contributed by atoms with E-state index >= 15 is 0 Å². The molecule has 0 aromatic carbocycles. The zero-order valence-electron chi connectivity index (χ0n) is 8.67. The summed E-state index contributed by atoms with van der Waals surface area (Å²) in [5.41, 5.74) is 0. The number of carbonyl (C=O) groups is 2. The van der Waals surface area contributed by atoms with E-state index in [1.807, 2.05) is 6.92 Å². The van der Waals surface area contributed by atoms with Gasteiger partial charge in [-0.2, -0.15) is 0 Å². The average molecular weight is 202 g/mol. The maximum atomic E-state index is 11.0. The third-order valence-corrected chi connectivity index (χ3v) is 1.87. The number of hydrogen-bond acceptors (Lipinski definition) is 3. The van der Waals surface area contributed by atoms with E-state index in [4.69, 9.17) is 5.11 Å². The Balaban J connectivity index is 3.81. The molecule has 1 unspecified atom stereocenters. The number of hydrogen-bond donors (Lipinski definition) is 3. The molecule has 0 aromatic heterocycles. The fourth-order valence-electron chi connectivity index (χ4n) is 1.12. The first kappa shape index (κ1) is 12.9. The quantitative estimate of drug-likeness (QED) is 0.535. The lowest BCUT2D eigenvalue weighted by Crippen LogP contribution is -2.37. The van der Waals surface area contributed by atoms with Crippen LogP contribution < -0.4 is 10.6 Å². The van der Waals surface area contributed by atoms with Gasteiger partial charge in [0.05, 0.1) is 12.5 Å². The van der Waals surface area contributed by atoms with Crippen LogP contribution in [0.4, 0.5) is 0 Å². The van der Waals surface area contributed by atoms with Crippen LogP contribution in [0.15, 0.2) is 0 Å². The second kappa shape index (κ2) is 7.32. The number of amides is 1. The molecule has 5 heteroatoms. The lowest BCUT2D eigenvalue weighted by molar-refractivity contribution is -0.141. The van der Waals surface area contributed by atoms with Crippen LogP contribution in [0.3, 0.4) is 0 Å². The molecule has 0 aromatic rings. The first-order valence-corrected chi connectivity index (χ1v) is 4.75. The third kappa shape index (κ3) is 5.53. The Labute approximate surface area is 83.9 Å². The molecule has 0 saturated heterocycles. The lowest BCUT2D eigenvalue weighted by Gasteiger charge is -2.11. The van der Waals surface area contributed by atoms with Crippen molar-refractivity contribution in [2.45, 2.75) is 19.8 Å². The van der Waals surface area contributed by atoms with Gasteiger partial charge >= 0.3 is 5.97 Å². The summed E-state index contributed by atoms with van der Waals surface area (Å²) in [6, 6.07) is 0. The normalized spacial score (nSPS) is 12.1. The Hall–Kier alpha value is -1.10.